The van der Waals surface area contributed by atoms with Gasteiger partial charge in [-0.1, -0.05) is 18.2 Å². The van der Waals surface area contributed by atoms with Crippen molar-refractivity contribution in [1.82, 2.24) is 24.9 Å². The SMILES string of the molecule is CCn1nc(CN2CCC[C@H](c3nnc(C)o3)[C@@H]2C)c2ccccc21. The van der Waals surface area contributed by atoms with E-state index in [4.69, 9.17) is 9.52 Å². The van der Waals surface area contributed by atoms with Crippen LogP contribution in [0.2, 0.25) is 0 Å². The molecule has 0 N–H and O–H groups in total. The van der Waals surface area contributed by atoms with E-state index in [2.05, 4.69) is 57.9 Å². The molecule has 0 saturated carbocycles. The van der Waals surface area contributed by atoms with Crippen LogP contribution in [0, 0.1) is 6.92 Å². The number of piperidine rings is 1. The summed E-state index contributed by atoms with van der Waals surface area (Å²) in [7, 11) is 0. The minimum Gasteiger partial charge on any atom is -0.425 e. The zero-order valence-electron chi connectivity index (χ0n) is 15.1. The number of aryl methyl sites for hydroxylation is 2. The lowest BCUT2D eigenvalue weighted by Crippen LogP contribution is -2.42. The van der Waals surface area contributed by atoms with E-state index in [9.17, 15) is 0 Å². The normalized spacial score (nSPS) is 21.9. The quantitative estimate of drug-likeness (QED) is 0.728. The van der Waals surface area contributed by atoms with Gasteiger partial charge in [-0.15, -0.1) is 10.2 Å². The number of hydrogen-bond acceptors (Lipinski definition) is 5. The molecule has 4 rings (SSSR count). The van der Waals surface area contributed by atoms with Crippen LogP contribution in [0.1, 0.15) is 50.1 Å². The Balaban J connectivity index is 1.60. The Kier molecular flexibility index (Phi) is 4.29. The predicted octanol–water partition coefficient (Wildman–Crippen LogP) is 3.52. The number of likely N-dealkylation sites (tertiary alicyclic amines) is 1. The lowest BCUT2D eigenvalue weighted by molar-refractivity contribution is 0.117. The van der Waals surface area contributed by atoms with Gasteiger partial charge in [0.05, 0.1) is 17.1 Å². The van der Waals surface area contributed by atoms with Crippen LogP contribution in [0.5, 0.6) is 0 Å². The molecule has 0 amide bonds. The molecule has 6 nitrogen and oxygen atoms in total. The summed E-state index contributed by atoms with van der Waals surface area (Å²) in [6.07, 6.45) is 2.24. The number of hydrogen-bond donors (Lipinski definition) is 0. The van der Waals surface area contributed by atoms with Gasteiger partial charge in [-0.2, -0.15) is 5.10 Å². The predicted molar refractivity (Wildman–Crippen MR) is 96.3 cm³/mol. The third-order valence-electron chi connectivity index (χ3n) is 5.36. The molecular formula is C19H25N5O. The average Bonchev–Trinajstić information content (AvgIpc) is 3.21. The van der Waals surface area contributed by atoms with E-state index in [-0.39, 0.29) is 0 Å². The van der Waals surface area contributed by atoms with Gasteiger partial charge in [0.1, 0.15) is 0 Å². The molecule has 2 atom stereocenters. The summed E-state index contributed by atoms with van der Waals surface area (Å²) in [6.45, 7) is 9.09. The van der Waals surface area contributed by atoms with Gasteiger partial charge in [0.2, 0.25) is 11.8 Å². The maximum Gasteiger partial charge on any atom is 0.221 e. The molecule has 1 saturated heterocycles. The highest BCUT2D eigenvalue weighted by atomic mass is 16.4. The van der Waals surface area contributed by atoms with Crippen LogP contribution < -0.4 is 0 Å². The first kappa shape index (κ1) is 16.3. The summed E-state index contributed by atoms with van der Waals surface area (Å²) in [5.74, 6) is 1.72. The molecule has 1 aromatic carbocycles. The zero-order chi connectivity index (χ0) is 17.4. The number of nitrogens with zero attached hydrogens (tertiary/aromatic N) is 5. The summed E-state index contributed by atoms with van der Waals surface area (Å²) in [5.41, 5.74) is 2.38. The molecule has 0 aliphatic carbocycles. The molecule has 3 aromatic rings. The van der Waals surface area contributed by atoms with Gasteiger partial charge < -0.3 is 4.42 Å². The highest BCUT2D eigenvalue weighted by Gasteiger charge is 2.33. The summed E-state index contributed by atoms with van der Waals surface area (Å²) in [4.78, 5) is 2.50. The van der Waals surface area contributed by atoms with Crippen molar-refractivity contribution in [2.45, 2.75) is 58.7 Å². The fourth-order valence-corrected chi connectivity index (χ4v) is 3.97. The fraction of sp³-hybridized carbons (Fsp3) is 0.526. The van der Waals surface area contributed by atoms with Gasteiger partial charge in [0, 0.05) is 31.4 Å². The second kappa shape index (κ2) is 6.59. The van der Waals surface area contributed by atoms with Gasteiger partial charge in [-0.25, -0.2) is 0 Å². The molecule has 1 fully saturated rings. The summed E-state index contributed by atoms with van der Waals surface area (Å²) >= 11 is 0. The van der Waals surface area contributed by atoms with Gasteiger partial charge in [-0.3, -0.25) is 9.58 Å². The first-order chi connectivity index (χ1) is 12.2. The van der Waals surface area contributed by atoms with Crippen molar-refractivity contribution in [1.29, 1.82) is 0 Å². The largest absolute Gasteiger partial charge is 0.425 e. The smallest absolute Gasteiger partial charge is 0.221 e. The monoisotopic (exact) mass is 339 g/mol. The molecule has 0 unspecified atom stereocenters. The van der Waals surface area contributed by atoms with Gasteiger partial charge in [0.15, 0.2) is 0 Å². The minimum atomic E-state index is 0.300. The van der Waals surface area contributed by atoms with E-state index in [1.54, 1.807) is 0 Å². The maximum absolute atomic E-state index is 5.72. The lowest BCUT2D eigenvalue weighted by Gasteiger charge is -2.37. The van der Waals surface area contributed by atoms with Crippen molar-refractivity contribution in [2.24, 2.45) is 0 Å². The average molecular weight is 339 g/mol. The topological polar surface area (TPSA) is 60.0 Å². The van der Waals surface area contributed by atoms with Crippen LogP contribution in [-0.4, -0.2) is 37.5 Å². The molecule has 6 heteroatoms. The Bertz CT molecular complexity index is 868. The Morgan fingerprint density at radius 3 is 2.84 bits per heavy atom. The van der Waals surface area contributed by atoms with E-state index in [0.717, 1.165) is 44.1 Å². The van der Waals surface area contributed by atoms with Crippen molar-refractivity contribution < 1.29 is 4.42 Å². The lowest BCUT2D eigenvalue weighted by atomic mass is 9.90. The number of rotatable bonds is 4. The summed E-state index contributed by atoms with van der Waals surface area (Å²) < 4.78 is 7.81. The molecule has 0 radical (unpaired) electrons. The Morgan fingerprint density at radius 2 is 2.08 bits per heavy atom. The van der Waals surface area contributed by atoms with Crippen molar-refractivity contribution in [3.8, 4) is 0 Å². The molecule has 3 heterocycles. The highest BCUT2D eigenvalue weighted by Crippen LogP contribution is 2.33. The van der Waals surface area contributed by atoms with Crippen molar-refractivity contribution in [3.63, 3.8) is 0 Å². The van der Waals surface area contributed by atoms with E-state index >= 15 is 0 Å². The zero-order valence-corrected chi connectivity index (χ0v) is 15.1. The Labute approximate surface area is 147 Å². The standard InChI is InChI=1S/C19H25N5O/c1-4-24-18-10-6-5-8-16(18)17(22-24)12-23-11-7-9-15(13(23)2)19-21-20-14(3)25-19/h5-6,8,10,13,15H,4,7,9,11-12H2,1-3H3/t13-,15-/m0/s1. The summed E-state index contributed by atoms with van der Waals surface area (Å²) in [5, 5.41) is 14.4. The second-order valence-corrected chi connectivity index (χ2v) is 6.90. The van der Waals surface area contributed by atoms with E-state index < -0.39 is 0 Å². The van der Waals surface area contributed by atoms with Crippen LogP contribution in [0.15, 0.2) is 28.7 Å². The molecule has 25 heavy (non-hydrogen) atoms. The third kappa shape index (κ3) is 2.95. The maximum atomic E-state index is 5.72. The van der Waals surface area contributed by atoms with Crippen LogP contribution in [0.3, 0.4) is 0 Å². The molecule has 132 valence electrons. The van der Waals surface area contributed by atoms with E-state index in [0.29, 0.717) is 17.9 Å². The van der Waals surface area contributed by atoms with Crippen LogP contribution in [0.25, 0.3) is 10.9 Å². The summed E-state index contributed by atoms with van der Waals surface area (Å²) in [6, 6.07) is 8.87. The van der Waals surface area contributed by atoms with E-state index in [1.165, 1.54) is 10.9 Å². The Hall–Kier alpha value is -2.21. The second-order valence-electron chi connectivity index (χ2n) is 6.90. The molecule has 1 aliphatic heterocycles. The van der Waals surface area contributed by atoms with Crippen molar-refractivity contribution in [3.05, 3.63) is 41.7 Å². The minimum absolute atomic E-state index is 0.300. The van der Waals surface area contributed by atoms with Gasteiger partial charge in [-0.05, 0) is 39.3 Å². The van der Waals surface area contributed by atoms with Crippen LogP contribution >= 0.6 is 0 Å². The first-order valence-corrected chi connectivity index (χ1v) is 9.16. The van der Waals surface area contributed by atoms with Crippen molar-refractivity contribution >= 4 is 10.9 Å². The first-order valence-electron chi connectivity index (χ1n) is 9.16. The number of para-hydroxylation sites is 1. The Morgan fingerprint density at radius 1 is 1.24 bits per heavy atom. The number of aromatic nitrogens is 4. The molecule has 2 aromatic heterocycles. The molecule has 0 bridgehead atoms. The molecule has 0 spiro atoms. The fourth-order valence-electron chi connectivity index (χ4n) is 3.97. The van der Waals surface area contributed by atoms with Gasteiger partial charge in [0.25, 0.3) is 0 Å². The molecular weight excluding hydrogens is 314 g/mol. The van der Waals surface area contributed by atoms with E-state index in [1.807, 2.05) is 6.92 Å². The van der Waals surface area contributed by atoms with Crippen LogP contribution in [0.4, 0.5) is 0 Å². The highest BCUT2D eigenvalue weighted by molar-refractivity contribution is 5.81. The van der Waals surface area contributed by atoms with Gasteiger partial charge >= 0.3 is 0 Å². The molecule has 1 aliphatic rings. The number of fused-ring (bicyclic) bond motifs is 1. The third-order valence-corrected chi connectivity index (χ3v) is 5.36. The van der Waals surface area contributed by atoms with Crippen LogP contribution in [-0.2, 0) is 13.1 Å². The number of benzene rings is 1. The van der Waals surface area contributed by atoms with Crippen molar-refractivity contribution in [2.75, 3.05) is 6.54 Å².